The van der Waals surface area contributed by atoms with E-state index in [-0.39, 0.29) is 24.3 Å². The third-order valence-corrected chi connectivity index (χ3v) is 4.89. The van der Waals surface area contributed by atoms with Crippen molar-refractivity contribution in [3.8, 4) is 11.5 Å². The van der Waals surface area contributed by atoms with E-state index in [1.165, 1.54) is 7.11 Å². The molecule has 3 rings (SSSR count). The third-order valence-electron chi connectivity index (χ3n) is 4.89. The van der Waals surface area contributed by atoms with Gasteiger partial charge in [0.15, 0.2) is 0 Å². The van der Waals surface area contributed by atoms with Gasteiger partial charge in [0.05, 0.1) is 32.4 Å². The Morgan fingerprint density at radius 2 is 1.93 bits per heavy atom. The number of esters is 1. The molecular weight excluding hydrogens is 374 g/mol. The van der Waals surface area contributed by atoms with Crippen LogP contribution >= 0.6 is 0 Å². The zero-order chi connectivity index (χ0) is 20.6. The minimum Gasteiger partial charge on any atom is -0.494 e. The average molecular weight is 401 g/mol. The van der Waals surface area contributed by atoms with E-state index >= 15 is 0 Å². The van der Waals surface area contributed by atoms with Gasteiger partial charge in [-0.3, -0.25) is 14.3 Å². The first-order chi connectivity index (χ1) is 14.1. The van der Waals surface area contributed by atoms with Crippen LogP contribution in [0.5, 0.6) is 11.5 Å². The van der Waals surface area contributed by atoms with Crippen LogP contribution in [0.2, 0.25) is 0 Å². The standard InChI is InChI=1S/C21H27N3O5/c1-3-28-17-5-7-18(8-6-17)29-11-10-22-20(25)14-24-19-9-4-15(21(26)27-2)12-16(19)13-23-24/h5-8,13,15H,3-4,9-12,14H2,1-2H3,(H,22,25). The van der Waals surface area contributed by atoms with Gasteiger partial charge >= 0.3 is 5.97 Å². The summed E-state index contributed by atoms with van der Waals surface area (Å²) in [5, 5.41) is 7.16. The number of benzene rings is 1. The highest BCUT2D eigenvalue weighted by Crippen LogP contribution is 2.26. The van der Waals surface area contributed by atoms with Gasteiger partial charge < -0.3 is 19.5 Å². The summed E-state index contributed by atoms with van der Waals surface area (Å²) in [5.74, 6) is 1.09. The molecule has 1 N–H and O–H groups in total. The van der Waals surface area contributed by atoms with Crippen LogP contribution in [-0.2, 0) is 33.7 Å². The molecule has 1 aliphatic rings. The van der Waals surface area contributed by atoms with Gasteiger partial charge in [-0.2, -0.15) is 5.10 Å². The van der Waals surface area contributed by atoms with Crippen LogP contribution in [0.25, 0.3) is 0 Å². The predicted octanol–water partition coefficient (Wildman–Crippen LogP) is 1.75. The van der Waals surface area contributed by atoms with Crippen molar-refractivity contribution < 1.29 is 23.8 Å². The minimum absolute atomic E-state index is 0.124. The molecule has 0 radical (unpaired) electrons. The van der Waals surface area contributed by atoms with Crippen molar-refractivity contribution >= 4 is 11.9 Å². The van der Waals surface area contributed by atoms with E-state index in [2.05, 4.69) is 10.4 Å². The Morgan fingerprint density at radius 3 is 2.62 bits per heavy atom. The highest BCUT2D eigenvalue weighted by atomic mass is 16.5. The van der Waals surface area contributed by atoms with Crippen molar-refractivity contribution in [1.82, 2.24) is 15.1 Å². The maximum Gasteiger partial charge on any atom is 0.309 e. The lowest BCUT2D eigenvalue weighted by Crippen LogP contribution is -2.32. The monoisotopic (exact) mass is 401 g/mol. The number of fused-ring (bicyclic) bond motifs is 1. The van der Waals surface area contributed by atoms with Gasteiger partial charge in [0.2, 0.25) is 5.91 Å². The zero-order valence-corrected chi connectivity index (χ0v) is 16.8. The first kappa shape index (κ1) is 20.7. The van der Waals surface area contributed by atoms with E-state index < -0.39 is 0 Å². The number of amides is 1. The maximum atomic E-state index is 12.2. The van der Waals surface area contributed by atoms with E-state index in [9.17, 15) is 9.59 Å². The summed E-state index contributed by atoms with van der Waals surface area (Å²) in [4.78, 5) is 23.9. The summed E-state index contributed by atoms with van der Waals surface area (Å²) in [5.41, 5.74) is 2.03. The smallest absolute Gasteiger partial charge is 0.309 e. The van der Waals surface area contributed by atoms with Crippen molar-refractivity contribution in [2.24, 2.45) is 5.92 Å². The van der Waals surface area contributed by atoms with Crippen molar-refractivity contribution in [3.63, 3.8) is 0 Å². The van der Waals surface area contributed by atoms with Crippen LogP contribution in [-0.4, -0.2) is 48.5 Å². The van der Waals surface area contributed by atoms with Gasteiger partial charge in [-0.15, -0.1) is 0 Å². The molecule has 0 saturated heterocycles. The molecule has 1 aromatic carbocycles. The molecule has 0 saturated carbocycles. The van der Waals surface area contributed by atoms with Gasteiger partial charge in [-0.25, -0.2) is 0 Å². The molecule has 29 heavy (non-hydrogen) atoms. The first-order valence-electron chi connectivity index (χ1n) is 9.84. The minimum atomic E-state index is -0.186. The molecule has 1 aliphatic carbocycles. The molecule has 1 aromatic heterocycles. The molecule has 0 fully saturated rings. The summed E-state index contributed by atoms with van der Waals surface area (Å²) in [6.45, 7) is 3.49. The molecule has 1 unspecified atom stereocenters. The lowest BCUT2D eigenvalue weighted by molar-refractivity contribution is -0.145. The number of nitrogens with zero attached hydrogens (tertiary/aromatic N) is 2. The van der Waals surface area contributed by atoms with E-state index in [0.717, 1.165) is 22.8 Å². The molecule has 0 spiro atoms. The normalized spacial score (nSPS) is 15.3. The number of rotatable bonds is 9. The number of aromatic nitrogens is 2. The average Bonchev–Trinajstić information content (AvgIpc) is 3.14. The fourth-order valence-electron chi connectivity index (χ4n) is 3.44. The first-order valence-corrected chi connectivity index (χ1v) is 9.84. The number of carbonyl (C=O) groups excluding carboxylic acids is 2. The van der Waals surface area contributed by atoms with Crippen LogP contribution in [0, 0.1) is 5.92 Å². The Hall–Kier alpha value is -3.03. The second-order valence-electron chi connectivity index (χ2n) is 6.84. The number of ether oxygens (including phenoxy) is 3. The molecule has 0 bridgehead atoms. The second-order valence-corrected chi connectivity index (χ2v) is 6.84. The van der Waals surface area contributed by atoms with Crippen LogP contribution < -0.4 is 14.8 Å². The highest BCUT2D eigenvalue weighted by molar-refractivity contribution is 5.76. The van der Waals surface area contributed by atoms with Crippen molar-refractivity contribution in [2.75, 3.05) is 26.9 Å². The van der Waals surface area contributed by atoms with Crippen LogP contribution in [0.3, 0.4) is 0 Å². The number of hydrogen-bond donors (Lipinski definition) is 1. The van der Waals surface area contributed by atoms with Gasteiger partial charge in [0, 0.05) is 5.69 Å². The predicted molar refractivity (Wildman–Crippen MR) is 106 cm³/mol. The molecular formula is C21H27N3O5. The zero-order valence-electron chi connectivity index (χ0n) is 16.8. The van der Waals surface area contributed by atoms with E-state index in [0.29, 0.717) is 39.0 Å². The molecule has 2 aromatic rings. The topological polar surface area (TPSA) is 91.7 Å². The van der Waals surface area contributed by atoms with E-state index in [1.54, 1.807) is 10.9 Å². The number of nitrogens with one attached hydrogen (secondary N) is 1. The van der Waals surface area contributed by atoms with Gasteiger partial charge in [0.25, 0.3) is 0 Å². The Labute approximate surface area is 170 Å². The van der Waals surface area contributed by atoms with Crippen LogP contribution in [0.4, 0.5) is 0 Å². The van der Waals surface area contributed by atoms with Crippen LogP contribution in [0.15, 0.2) is 30.5 Å². The van der Waals surface area contributed by atoms with Gasteiger partial charge in [0.1, 0.15) is 24.7 Å². The molecule has 8 nitrogen and oxygen atoms in total. The lowest BCUT2D eigenvalue weighted by Gasteiger charge is -2.20. The lowest BCUT2D eigenvalue weighted by atomic mass is 9.88. The van der Waals surface area contributed by atoms with E-state index in [4.69, 9.17) is 14.2 Å². The fourth-order valence-corrected chi connectivity index (χ4v) is 3.44. The molecule has 1 atom stereocenters. The second kappa shape index (κ2) is 9.95. The maximum absolute atomic E-state index is 12.2. The number of methoxy groups -OCH3 is 1. The number of hydrogen-bond acceptors (Lipinski definition) is 6. The summed E-state index contributed by atoms with van der Waals surface area (Å²) in [7, 11) is 1.41. The molecule has 1 heterocycles. The van der Waals surface area contributed by atoms with Gasteiger partial charge in [-0.1, -0.05) is 0 Å². The quantitative estimate of drug-likeness (QED) is 0.509. The Kier molecular flexibility index (Phi) is 7.10. The highest BCUT2D eigenvalue weighted by Gasteiger charge is 2.28. The Morgan fingerprint density at radius 1 is 1.21 bits per heavy atom. The van der Waals surface area contributed by atoms with Gasteiger partial charge in [-0.05, 0) is 56.0 Å². The summed E-state index contributed by atoms with van der Waals surface area (Å²) in [6.07, 6.45) is 3.78. The van der Waals surface area contributed by atoms with E-state index in [1.807, 2.05) is 31.2 Å². The largest absolute Gasteiger partial charge is 0.494 e. The summed E-state index contributed by atoms with van der Waals surface area (Å²) >= 11 is 0. The summed E-state index contributed by atoms with van der Waals surface area (Å²) < 4.78 is 17.6. The Balaban J connectivity index is 1.41. The number of carbonyl (C=O) groups is 2. The molecule has 156 valence electrons. The SMILES string of the molecule is CCOc1ccc(OCCNC(=O)Cn2ncc3c2CCC(C(=O)OC)C3)cc1. The van der Waals surface area contributed by atoms with Crippen LogP contribution in [0.1, 0.15) is 24.6 Å². The molecule has 1 amide bonds. The third kappa shape index (κ3) is 5.49. The van der Waals surface area contributed by atoms with Crippen molar-refractivity contribution in [3.05, 3.63) is 41.7 Å². The van der Waals surface area contributed by atoms with Crippen molar-refractivity contribution in [1.29, 1.82) is 0 Å². The molecule has 0 aliphatic heterocycles. The summed E-state index contributed by atoms with van der Waals surface area (Å²) in [6, 6.07) is 7.38. The van der Waals surface area contributed by atoms with Crippen molar-refractivity contribution in [2.45, 2.75) is 32.7 Å². The Bertz CT molecular complexity index is 831. The molecule has 8 heteroatoms. The fraction of sp³-hybridized carbons (Fsp3) is 0.476.